The quantitative estimate of drug-likeness (QED) is 0.512. The summed E-state index contributed by atoms with van der Waals surface area (Å²) in [6.45, 7) is 0. The van der Waals surface area contributed by atoms with Crippen LogP contribution in [-0.2, 0) is 15.8 Å². The number of hydrogen-bond acceptors (Lipinski definition) is 4. The van der Waals surface area contributed by atoms with E-state index in [9.17, 15) is 22.8 Å². The Balaban J connectivity index is 1.84. The van der Waals surface area contributed by atoms with E-state index in [1.54, 1.807) is 24.3 Å². The van der Waals surface area contributed by atoms with Gasteiger partial charge < -0.3 is 10.1 Å². The summed E-state index contributed by atoms with van der Waals surface area (Å²) < 4.78 is 43.3. The highest BCUT2D eigenvalue weighted by molar-refractivity contribution is 6.33. The van der Waals surface area contributed by atoms with Crippen LogP contribution in [0.1, 0.15) is 24.0 Å². The van der Waals surface area contributed by atoms with Crippen molar-refractivity contribution in [2.45, 2.75) is 19.0 Å². The molecule has 2 rings (SSSR count). The molecule has 0 heterocycles. The summed E-state index contributed by atoms with van der Waals surface area (Å²) in [6.07, 6.45) is -3.63. The van der Waals surface area contributed by atoms with Gasteiger partial charge in [-0.25, -0.2) is 5.43 Å². The maximum Gasteiger partial charge on any atom is 0.416 e. The number of nitrogens with zero attached hydrogens (tertiary/aromatic N) is 1. The average molecular weight is 428 g/mol. The first-order valence-electron chi connectivity index (χ1n) is 8.31. The van der Waals surface area contributed by atoms with E-state index in [4.69, 9.17) is 16.3 Å². The van der Waals surface area contributed by atoms with Crippen LogP contribution in [0.4, 0.5) is 18.9 Å². The highest BCUT2D eigenvalue weighted by Crippen LogP contribution is 2.33. The Kier molecular flexibility index (Phi) is 7.60. The minimum atomic E-state index is -4.56. The number of amides is 2. The van der Waals surface area contributed by atoms with Gasteiger partial charge in [0, 0.05) is 12.8 Å². The van der Waals surface area contributed by atoms with Gasteiger partial charge in [0.25, 0.3) is 0 Å². The summed E-state index contributed by atoms with van der Waals surface area (Å²) in [6, 6.07) is 9.56. The number of carbonyl (C=O) groups is 2. The Labute approximate surface area is 169 Å². The third-order valence-electron chi connectivity index (χ3n) is 3.64. The van der Waals surface area contributed by atoms with Crippen LogP contribution in [-0.4, -0.2) is 25.1 Å². The minimum absolute atomic E-state index is 0.0429. The zero-order chi connectivity index (χ0) is 21.4. The molecule has 0 bridgehead atoms. The molecule has 0 radical (unpaired) electrons. The number of rotatable bonds is 7. The van der Waals surface area contributed by atoms with Crippen LogP contribution in [0.25, 0.3) is 0 Å². The molecule has 0 aliphatic rings. The van der Waals surface area contributed by atoms with E-state index < -0.39 is 23.6 Å². The van der Waals surface area contributed by atoms with Crippen molar-refractivity contribution < 1.29 is 27.5 Å². The summed E-state index contributed by atoms with van der Waals surface area (Å²) in [5.41, 5.74) is 1.84. The monoisotopic (exact) mass is 427 g/mol. The zero-order valence-corrected chi connectivity index (χ0v) is 16.0. The lowest BCUT2D eigenvalue weighted by Crippen LogP contribution is -2.21. The largest absolute Gasteiger partial charge is 0.497 e. The highest BCUT2D eigenvalue weighted by atomic mass is 35.5. The van der Waals surface area contributed by atoms with Crippen LogP contribution in [0.3, 0.4) is 0 Å². The lowest BCUT2D eigenvalue weighted by atomic mass is 10.2. The number of carbonyl (C=O) groups excluding carboxylic acids is 2. The number of hydrogen-bond donors (Lipinski definition) is 2. The van der Waals surface area contributed by atoms with E-state index in [0.29, 0.717) is 11.3 Å². The summed E-state index contributed by atoms with van der Waals surface area (Å²) in [5.74, 6) is -0.558. The number of benzene rings is 2. The Morgan fingerprint density at radius 2 is 1.86 bits per heavy atom. The van der Waals surface area contributed by atoms with E-state index in [1.807, 2.05) is 0 Å². The molecule has 29 heavy (non-hydrogen) atoms. The Hall–Kier alpha value is -3.07. The van der Waals surface area contributed by atoms with Gasteiger partial charge >= 0.3 is 6.18 Å². The van der Waals surface area contributed by atoms with Crippen molar-refractivity contribution in [2.24, 2.45) is 5.10 Å². The number of hydrazone groups is 1. The second kappa shape index (κ2) is 9.92. The molecule has 154 valence electrons. The predicted molar refractivity (Wildman–Crippen MR) is 103 cm³/mol. The Morgan fingerprint density at radius 1 is 1.14 bits per heavy atom. The van der Waals surface area contributed by atoms with Crippen molar-refractivity contribution in [3.8, 4) is 5.75 Å². The Morgan fingerprint density at radius 3 is 2.55 bits per heavy atom. The smallest absolute Gasteiger partial charge is 0.416 e. The average Bonchev–Trinajstić information content (AvgIpc) is 2.67. The van der Waals surface area contributed by atoms with Crippen molar-refractivity contribution in [1.82, 2.24) is 5.43 Å². The van der Waals surface area contributed by atoms with Gasteiger partial charge in [0.05, 0.1) is 29.6 Å². The summed E-state index contributed by atoms with van der Waals surface area (Å²) in [5, 5.41) is 6.00. The van der Waals surface area contributed by atoms with Crippen LogP contribution < -0.4 is 15.5 Å². The van der Waals surface area contributed by atoms with Crippen LogP contribution in [0.2, 0.25) is 5.02 Å². The third kappa shape index (κ3) is 7.11. The van der Waals surface area contributed by atoms with E-state index in [0.717, 1.165) is 18.2 Å². The molecule has 0 atom stereocenters. The van der Waals surface area contributed by atoms with Crippen LogP contribution in [0, 0.1) is 0 Å². The van der Waals surface area contributed by atoms with Crippen molar-refractivity contribution >= 4 is 35.3 Å². The van der Waals surface area contributed by atoms with Gasteiger partial charge in [-0.1, -0.05) is 23.7 Å². The summed E-state index contributed by atoms with van der Waals surface area (Å²) >= 11 is 5.81. The van der Waals surface area contributed by atoms with Crippen molar-refractivity contribution in [2.75, 3.05) is 12.4 Å². The molecule has 0 spiro atoms. The topological polar surface area (TPSA) is 79.8 Å². The molecule has 2 aromatic carbocycles. The standard InChI is InChI=1S/C19H17ClF3N3O3/c1-29-14-4-2-3-12(9-14)11-24-26-18(28)8-7-17(27)25-16-10-13(19(21,22)23)5-6-15(16)20/h2-6,9-11H,7-8H2,1H3,(H,25,27)(H,26,28)/b24-11-. The molecule has 2 N–H and O–H groups in total. The number of halogens is 4. The molecular formula is C19H17ClF3N3O3. The van der Waals surface area contributed by atoms with Crippen molar-refractivity contribution in [3.05, 3.63) is 58.6 Å². The Bertz CT molecular complexity index is 917. The van der Waals surface area contributed by atoms with Gasteiger partial charge in [-0.3, -0.25) is 9.59 Å². The molecule has 0 aliphatic carbocycles. The van der Waals surface area contributed by atoms with Crippen molar-refractivity contribution in [1.29, 1.82) is 0 Å². The van der Waals surface area contributed by atoms with E-state index in [1.165, 1.54) is 13.3 Å². The fourth-order valence-electron chi connectivity index (χ4n) is 2.19. The first kappa shape index (κ1) is 22.2. The predicted octanol–water partition coefficient (Wildman–Crippen LogP) is 4.24. The van der Waals surface area contributed by atoms with Gasteiger partial charge in [0.1, 0.15) is 5.75 Å². The molecule has 6 nitrogen and oxygen atoms in total. The fourth-order valence-corrected chi connectivity index (χ4v) is 2.36. The molecule has 0 fully saturated rings. The number of alkyl halides is 3. The van der Waals surface area contributed by atoms with Crippen LogP contribution >= 0.6 is 11.6 Å². The normalized spacial score (nSPS) is 11.3. The van der Waals surface area contributed by atoms with E-state index in [-0.39, 0.29) is 23.6 Å². The first-order valence-corrected chi connectivity index (χ1v) is 8.69. The second-order valence-electron chi connectivity index (χ2n) is 5.81. The van der Waals surface area contributed by atoms with Gasteiger partial charge in [-0.05, 0) is 35.9 Å². The molecule has 10 heteroatoms. The van der Waals surface area contributed by atoms with Gasteiger partial charge in [-0.15, -0.1) is 0 Å². The minimum Gasteiger partial charge on any atom is -0.497 e. The molecule has 0 saturated carbocycles. The number of ether oxygens (including phenoxy) is 1. The number of methoxy groups -OCH3 is 1. The lowest BCUT2D eigenvalue weighted by Gasteiger charge is -2.11. The second-order valence-corrected chi connectivity index (χ2v) is 6.22. The lowest BCUT2D eigenvalue weighted by molar-refractivity contribution is -0.137. The fraction of sp³-hybridized carbons (Fsp3) is 0.211. The van der Waals surface area contributed by atoms with Gasteiger partial charge in [-0.2, -0.15) is 18.3 Å². The van der Waals surface area contributed by atoms with Crippen molar-refractivity contribution in [3.63, 3.8) is 0 Å². The molecule has 0 saturated heterocycles. The molecule has 0 aromatic heterocycles. The highest BCUT2D eigenvalue weighted by Gasteiger charge is 2.31. The van der Waals surface area contributed by atoms with Gasteiger partial charge in [0.2, 0.25) is 11.8 Å². The summed E-state index contributed by atoms with van der Waals surface area (Å²) in [4.78, 5) is 23.7. The zero-order valence-electron chi connectivity index (χ0n) is 15.2. The SMILES string of the molecule is COc1cccc(/C=N\NC(=O)CCC(=O)Nc2cc(C(F)(F)F)ccc2Cl)c1. The van der Waals surface area contributed by atoms with E-state index >= 15 is 0 Å². The molecule has 0 unspecified atom stereocenters. The first-order chi connectivity index (χ1) is 13.7. The maximum atomic E-state index is 12.7. The van der Waals surface area contributed by atoms with Crippen LogP contribution in [0.15, 0.2) is 47.6 Å². The number of nitrogens with one attached hydrogen (secondary N) is 2. The maximum absolute atomic E-state index is 12.7. The molecule has 2 amide bonds. The van der Waals surface area contributed by atoms with E-state index in [2.05, 4.69) is 15.8 Å². The summed E-state index contributed by atoms with van der Waals surface area (Å²) in [7, 11) is 1.52. The molecule has 0 aliphatic heterocycles. The third-order valence-corrected chi connectivity index (χ3v) is 3.97. The van der Waals surface area contributed by atoms with Crippen LogP contribution in [0.5, 0.6) is 5.75 Å². The number of anilines is 1. The molecule has 2 aromatic rings. The van der Waals surface area contributed by atoms with Gasteiger partial charge in [0.15, 0.2) is 0 Å². The molecular weight excluding hydrogens is 411 g/mol.